The smallest absolute Gasteiger partial charge is 0.227 e. The number of thioether (sulfide) groups is 1. The Bertz CT molecular complexity index is 1320. The molecule has 0 saturated heterocycles. The molecule has 9 nitrogen and oxygen atoms in total. The summed E-state index contributed by atoms with van der Waals surface area (Å²) in [5.74, 6) is 1.88. The van der Waals surface area contributed by atoms with E-state index in [0.29, 0.717) is 6.54 Å². The van der Waals surface area contributed by atoms with Crippen LogP contribution in [0.2, 0.25) is 0 Å². The van der Waals surface area contributed by atoms with Gasteiger partial charge in [0.2, 0.25) is 5.91 Å². The molecular weight excluding hydrogens is 424 g/mol. The van der Waals surface area contributed by atoms with Gasteiger partial charge in [-0.25, -0.2) is 9.67 Å². The molecule has 10 heteroatoms. The summed E-state index contributed by atoms with van der Waals surface area (Å²) in [4.78, 5) is 17.4. The molecule has 0 bridgehead atoms. The Morgan fingerprint density at radius 3 is 2.81 bits per heavy atom. The topological polar surface area (TPSA) is 104 Å². The summed E-state index contributed by atoms with van der Waals surface area (Å²) in [7, 11) is 0. The second-order valence-corrected chi connectivity index (χ2v) is 8.90. The van der Waals surface area contributed by atoms with Crippen molar-refractivity contribution in [3.8, 4) is 0 Å². The van der Waals surface area contributed by atoms with Crippen LogP contribution in [0.3, 0.4) is 0 Å². The van der Waals surface area contributed by atoms with Crippen molar-refractivity contribution in [2.75, 3.05) is 10.7 Å². The Morgan fingerprint density at radius 1 is 1.12 bits per heavy atom. The van der Waals surface area contributed by atoms with Crippen molar-refractivity contribution in [3.63, 3.8) is 0 Å². The maximum Gasteiger partial charge on any atom is 0.227 e. The zero-order valence-corrected chi connectivity index (χ0v) is 17.8. The third-order valence-corrected chi connectivity index (χ3v) is 6.41. The maximum absolute atomic E-state index is 12.0. The molecule has 1 aliphatic heterocycles. The fourth-order valence-electron chi connectivity index (χ4n) is 3.59. The van der Waals surface area contributed by atoms with Crippen LogP contribution in [0.4, 0.5) is 11.5 Å². The van der Waals surface area contributed by atoms with Crippen molar-refractivity contribution >= 4 is 45.1 Å². The van der Waals surface area contributed by atoms with Gasteiger partial charge in [0.05, 0.1) is 18.3 Å². The number of carbonyl (C=O) groups is 1. The van der Waals surface area contributed by atoms with Gasteiger partial charge in [0, 0.05) is 21.9 Å². The number of nitrogens with one attached hydrogen (secondary N) is 3. The van der Waals surface area contributed by atoms with E-state index in [-0.39, 0.29) is 11.8 Å². The van der Waals surface area contributed by atoms with Crippen LogP contribution in [0.25, 0.3) is 15.9 Å². The zero-order chi connectivity index (χ0) is 21.5. The van der Waals surface area contributed by atoms with E-state index in [0.717, 1.165) is 51.0 Å². The molecule has 6 rings (SSSR count). The number of hydrazine groups is 1. The van der Waals surface area contributed by atoms with Gasteiger partial charge in [-0.15, -0.1) is 0 Å². The molecule has 2 aliphatic rings. The number of aromatic nitrogens is 5. The van der Waals surface area contributed by atoms with Gasteiger partial charge in [-0.05, 0) is 49.2 Å². The highest BCUT2D eigenvalue weighted by Gasteiger charge is 2.29. The minimum atomic E-state index is 0.111. The average molecular weight is 445 g/mol. The van der Waals surface area contributed by atoms with Gasteiger partial charge in [-0.3, -0.25) is 20.3 Å². The maximum atomic E-state index is 12.0. The molecule has 0 atom stereocenters. The second kappa shape index (κ2) is 7.72. The number of aromatic amines is 1. The van der Waals surface area contributed by atoms with E-state index < -0.39 is 0 Å². The van der Waals surface area contributed by atoms with Crippen LogP contribution < -0.4 is 10.7 Å². The zero-order valence-electron chi connectivity index (χ0n) is 17.0. The Balaban J connectivity index is 1.22. The van der Waals surface area contributed by atoms with E-state index in [4.69, 9.17) is 0 Å². The van der Waals surface area contributed by atoms with Crippen LogP contribution in [-0.2, 0) is 11.3 Å². The van der Waals surface area contributed by atoms with Crippen LogP contribution >= 0.6 is 11.8 Å². The van der Waals surface area contributed by atoms with E-state index in [1.165, 1.54) is 0 Å². The van der Waals surface area contributed by atoms with E-state index >= 15 is 0 Å². The fourth-order valence-corrected chi connectivity index (χ4v) is 4.52. The van der Waals surface area contributed by atoms with Crippen molar-refractivity contribution in [2.45, 2.75) is 24.3 Å². The molecule has 32 heavy (non-hydrogen) atoms. The number of rotatable bonds is 6. The average Bonchev–Trinajstić information content (AvgIpc) is 3.43. The summed E-state index contributed by atoms with van der Waals surface area (Å²) >= 11 is 1.58. The second-order valence-electron chi connectivity index (χ2n) is 7.80. The van der Waals surface area contributed by atoms with Gasteiger partial charge in [0.15, 0.2) is 11.6 Å². The van der Waals surface area contributed by atoms with Gasteiger partial charge in [-0.1, -0.05) is 23.9 Å². The monoisotopic (exact) mass is 444 g/mol. The molecule has 1 fully saturated rings. The Labute approximate surface area is 187 Å². The number of amides is 1. The number of fused-ring (bicyclic) bond motifs is 2. The first-order valence-corrected chi connectivity index (χ1v) is 11.2. The van der Waals surface area contributed by atoms with Crippen molar-refractivity contribution < 1.29 is 4.79 Å². The standard InChI is InChI=1S/C22H20N8OS/c31-22(14-5-6-14)25-15-7-9-16(10-8-15)32-20-12-29(11-19-23-13-24-30(19)20)28-21-17-3-1-2-4-18(17)26-27-21/h1-4,7-10,12-14H,5-6,11H2,(H,25,31)(H2,26,27,28). The van der Waals surface area contributed by atoms with E-state index in [9.17, 15) is 4.79 Å². The van der Waals surface area contributed by atoms with Gasteiger partial charge in [0.25, 0.3) is 0 Å². The molecule has 4 aromatic rings. The number of hydrogen-bond donors (Lipinski definition) is 3. The van der Waals surface area contributed by atoms with Crippen molar-refractivity contribution in [2.24, 2.45) is 5.92 Å². The minimum absolute atomic E-state index is 0.111. The van der Waals surface area contributed by atoms with E-state index in [1.54, 1.807) is 18.1 Å². The highest BCUT2D eigenvalue weighted by molar-refractivity contribution is 8.08. The summed E-state index contributed by atoms with van der Waals surface area (Å²) in [6, 6.07) is 15.8. The van der Waals surface area contributed by atoms with Crippen molar-refractivity contribution in [3.05, 3.63) is 66.9 Å². The van der Waals surface area contributed by atoms with Gasteiger partial charge in [-0.2, -0.15) is 10.2 Å². The molecule has 0 radical (unpaired) electrons. The van der Waals surface area contributed by atoms with Crippen LogP contribution in [0.5, 0.6) is 0 Å². The predicted molar refractivity (Wildman–Crippen MR) is 123 cm³/mol. The van der Waals surface area contributed by atoms with Crippen LogP contribution in [0.15, 0.2) is 66.0 Å². The predicted octanol–water partition coefficient (Wildman–Crippen LogP) is 3.89. The van der Waals surface area contributed by atoms with E-state index in [2.05, 4.69) is 31.0 Å². The number of hydrogen-bond acceptors (Lipinski definition) is 7. The number of para-hydroxylation sites is 1. The van der Waals surface area contributed by atoms with Gasteiger partial charge in [0.1, 0.15) is 11.4 Å². The van der Waals surface area contributed by atoms with Crippen LogP contribution in [-0.4, -0.2) is 35.9 Å². The molecule has 0 spiro atoms. The van der Waals surface area contributed by atoms with Crippen molar-refractivity contribution in [1.29, 1.82) is 0 Å². The number of H-pyrrole nitrogens is 1. The lowest BCUT2D eigenvalue weighted by molar-refractivity contribution is -0.117. The third-order valence-electron chi connectivity index (χ3n) is 5.42. The molecule has 3 N–H and O–H groups in total. The molecule has 2 aromatic carbocycles. The Hall–Kier alpha value is -3.79. The molecule has 2 aromatic heterocycles. The Morgan fingerprint density at radius 2 is 1.97 bits per heavy atom. The molecular formula is C22H20N8OS. The molecule has 0 unspecified atom stereocenters. The summed E-state index contributed by atoms with van der Waals surface area (Å²) < 4.78 is 1.84. The molecule has 160 valence electrons. The SMILES string of the molecule is O=C(Nc1ccc(SC2=CN(Nc3n[nH]c4ccccc34)Cc3ncnn32)cc1)C1CC1. The first-order chi connectivity index (χ1) is 15.7. The molecule has 1 amide bonds. The normalized spacial score (nSPS) is 15.4. The minimum Gasteiger partial charge on any atom is -0.326 e. The largest absolute Gasteiger partial charge is 0.326 e. The molecule has 3 heterocycles. The third kappa shape index (κ3) is 3.69. The molecule has 1 saturated carbocycles. The highest BCUT2D eigenvalue weighted by atomic mass is 32.2. The van der Waals surface area contributed by atoms with Crippen molar-refractivity contribution in [1.82, 2.24) is 30.0 Å². The summed E-state index contributed by atoms with van der Waals surface area (Å²) in [6.45, 7) is 0.553. The lowest BCUT2D eigenvalue weighted by atomic mass is 10.2. The summed E-state index contributed by atoms with van der Waals surface area (Å²) in [5, 5.41) is 18.7. The number of anilines is 2. The number of benzene rings is 2. The van der Waals surface area contributed by atoms with Gasteiger partial charge >= 0.3 is 0 Å². The number of nitrogens with zero attached hydrogens (tertiary/aromatic N) is 5. The summed E-state index contributed by atoms with van der Waals surface area (Å²) in [5.41, 5.74) is 5.16. The lowest BCUT2D eigenvalue weighted by Crippen LogP contribution is -2.30. The van der Waals surface area contributed by atoms with Crippen LogP contribution in [0.1, 0.15) is 18.7 Å². The highest BCUT2D eigenvalue weighted by Crippen LogP contribution is 2.35. The van der Waals surface area contributed by atoms with E-state index in [1.807, 2.05) is 64.4 Å². The molecule has 1 aliphatic carbocycles. The van der Waals surface area contributed by atoms with Crippen LogP contribution in [0, 0.1) is 5.92 Å². The van der Waals surface area contributed by atoms with Gasteiger partial charge < -0.3 is 5.32 Å². The fraction of sp³-hybridized carbons (Fsp3) is 0.182. The lowest BCUT2D eigenvalue weighted by Gasteiger charge is -2.26. The quantitative estimate of drug-likeness (QED) is 0.414. The summed E-state index contributed by atoms with van der Waals surface area (Å²) in [6.07, 6.45) is 5.55. The Kier molecular flexibility index (Phi) is 4.57. The first kappa shape index (κ1) is 18.9. The first-order valence-electron chi connectivity index (χ1n) is 10.4. The number of carbonyl (C=O) groups excluding carboxylic acids is 1.